The smallest absolute Gasteiger partial charge is 0.243 e. The maximum atomic E-state index is 13.2. The van der Waals surface area contributed by atoms with Crippen molar-refractivity contribution in [1.29, 1.82) is 0 Å². The molecule has 3 rings (SSSR count). The normalized spacial score (nSPS) is 18.9. The van der Waals surface area contributed by atoms with Gasteiger partial charge in [0.1, 0.15) is 5.82 Å². The molecular weight excluding hydrogens is 337 g/mol. The number of hydrazone groups is 1. The summed E-state index contributed by atoms with van der Waals surface area (Å²) >= 11 is 0. The van der Waals surface area contributed by atoms with E-state index in [0.29, 0.717) is 16.8 Å². The summed E-state index contributed by atoms with van der Waals surface area (Å²) in [6, 6.07) is 12.6. The number of carbonyl (C=O) groups is 2. The Labute approximate surface area is 150 Å². The van der Waals surface area contributed by atoms with Crippen LogP contribution >= 0.6 is 0 Å². The molecule has 1 aliphatic rings. The van der Waals surface area contributed by atoms with E-state index in [1.54, 1.807) is 43.3 Å². The molecular formula is C19H18FN3O3. The number of anilines is 1. The van der Waals surface area contributed by atoms with Crippen LogP contribution in [0, 0.1) is 5.82 Å². The van der Waals surface area contributed by atoms with Crippen molar-refractivity contribution in [3.8, 4) is 0 Å². The summed E-state index contributed by atoms with van der Waals surface area (Å²) in [6.07, 6.45) is 0. The van der Waals surface area contributed by atoms with Gasteiger partial charge < -0.3 is 10.1 Å². The summed E-state index contributed by atoms with van der Waals surface area (Å²) in [7, 11) is 0. The first-order valence-electron chi connectivity index (χ1n) is 8.02. The fourth-order valence-corrected chi connectivity index (χ4v) is 2.77. The van der Waals surface area contributed by atoms with Crippen LogP contribution in [0.3, 0.4) is 0 Å². The number of nitrogens with one attached hydrogen (secondary N) is 1. The van der Waals surface area contributed by atoms with E-state index in [-0.39, 0.29) is 23.5 Å². The zero-order valence-corrected chi connectivity index (χ0v) is 14.6. The molecule has 1 atom stereocenters. The standard InChI is InChI=1S/C19H18FN3O3/c1-12(24)21-17-10-4-14(5-11-17)18-22-23(13(2)25)19(3,26-18)15-6-8-16(20)9-7-15/h4-11H,1-3H3,(H,21,24). The highest BCUT2D eigenvalue weighted by atomic mass is 19.1. The van der Waals surface area contributed by atoms with Crippen LogP contribution < -0.4 is 5.32 Å². The highest BCUT2D eigenvalue weighted by molar-refractivity contribution is 5.97. The summed E-state index contributed by atoms with van der Waals surface area (Å²) in [6.45, 7) is 4.51. The van der Waals surface area contributed by atoms with Gasteiger partial charge in [-0.2, -0.15) is 5.01 Å². The lowest BCUT2D eigenvalue weighted by Gasteiger charge is -2.31. The van der Waals surface area contributed by atoms with Gasteiger partial charge in [-0.05, 0) is 36.4 Å². The molecule has 1 aliphatic heterocycles. The van der Waals surface area contributed by atoms with Crippen molar-refractivity contribution in [3.63, 3.8) is 0 Å². The average Bonchev–Trinajstić information content (AvgIpc) is 2.95. The summed E-state index contributed by atoms with van der Waals surface area (Å²) in [5.41, 5.74) is 0.717. The van der Waals surface area contributed by atoms with Crippen LogP contribution in [0.2, 0.25) is 0 Å². The van der Waals surface area contributed by atoms with Gasteiger partial charge in [-0.25, -0.2) is 4.39 Å². The Hall–Kier alpha value is -3.22. The highest BCUT2D eigenvalue weighted by Gasteiger charge is 2.44. The lowest BCUT2D eigenvalue weighted by molar-refractivity contribution is -0.146. The molecule has 0 radical (unpaired) electrons. The molecule has 0 fully saturated rings. The Kier molecular flexibility index (Phi) is 4.46. The maximum absolute atomic E-state index is 13.2. The van der Waals surface area contributed by atoms with Crippen LogP contribution in [0.4, 0.5) is 10.1 Å². The van der Waals surface area contributed by atoms with Crippen LogP contribution in [0.15, 0.2) is 53.6 Å². The molecule has 26 heavy (non-hydrogen) atoms. The highest BCUT2D eigenvalue weighted by Crippen LogP contribution is 2.36. The summed E-state index contributed by atoms with van der Waals surface area (Å²) < 4.78 is 19.2. The number of hydrogen-bond acceptors (Lipinski definition) is 4. The number of benzene rings is 2. The maximum Gasteiger partial charge on any atom is 0.243 e. The molecule has 134 valence electrons. The molecule has 2 aromatic rings. The number of hydrogen-bond donors (Lipinski definition) is 1. The van der Waals surface area contributed by atoms with Gasteiger partial charge in [0, 0.05) is 37.6 Å². The number of halogens is 1. The number of rotatable bonds is 3. The van der Waals surface area contributed by atoms with E-state index in [0.717, 1.165) is 0 Å². The van der Waals surface area contributed by atoms with E-state index in [1.165, 1.54) is 31.0 Å². The first-order valence-corrected chi connectivity index (χ1v) is 8.02. The van der Waals surface area contributed by atoms with Crippen LogP contribution in [0.25, 0.3) is 0 Å². The van der Waals surface area contributed by atoms with Gasteiger partial charge in [-0.3, -0.25) is 9.59 Å². The second-order valence-corrected chi connectivity index (χ2v) is 6.09. The van der Waals surface area contributed by atoms with Crippen LogP contribution in [0.5, 0.6) is 0 Å². The molecule has 0 aliphatic carbocycles. The number of ether oxygens (including phenoxy) is 1. The van der Waals surface area contributed by atoms with Crippen LogP contribution in [0.1, 0.15) is 31.9 Å². The summed E-state index contributed by atoms with van der Waals surface area (Å²) in [4.78, 5) is 23.2. The van der Waals surface area contributed by atoms with Gasteiger partial charge in [-0.15, -0.1) is 5.10 Å². The SMILES string of the molecule is CC(=O)Nc1ccc(C2=NN(C(C)=O)C(C)(c3ccc(F)cc3)O2)cc1. The zero-order chi connectivity index (χ0) is 18.9. The summed E-state index contributed by atoms with van der Waals surface area (Å²) in [5.74, 6) is -0.582. The lowest BCUT2D eigenvalue weighted by atomic mass is 10.0. The molecule has 0 spiro atoms. The molecule has 0 saturated heterocycles. The molecule has 1 N–H and O–H groups in total. The predicted octanol–water partition coefficient (Wildman–Crippen LogP) is 3.20. The van der Waals surface area contributed by atoms with E-state index in [9.17, 15) is 14.0 Å². The second kappa shape index (κ2) is 6.59. The van der Waals surface area contributed by atoms with Crippen molar-refractivity contribution in [1.82, 2.24) is 5.01 Å². The van der Waals surface area contributed by atoms with E-state index < -0.39 is 5.72 Å². The molecule has 2 amide bonds. The quantitative estimate of drug-likeness (QED) is 0.919. The topological polar surface area (TPSA) is 71.0 Å². The third-order valence-corrected chi connectivity index (χ3v) is 4.02. The van der Waals surface area contributed by atoms with Crippen molar-refractivity contribution in [3.05, 3.63) is 65.5 Å². The molecule has 1 heterocycles. The molecule has 0 bridgehead atoms. The molecule has 1 unspecified atom stereocenters. The van der Waals surface area contributed by atoms with Crippen molar-refractivity contribution in [2.24, 2.45) is 5.10 Å². The average molecular weight is 355 g/mol. The fraction of sp³-hybridized carbons (Fsp3) is 0.211. The predicted molar refractivity (Wildman–Crippen MR) is 94.6 cm³/mol. The third kappa shape index (κ3) is 3.28. The van der Waals surface area contributed by atoms with Gasteiger partial charge in [0.15, 0.2) is 0 Å². The minimum Gasteiger partial charge on any atom is -0.443 e. The fourth-order valence-electron chi connectivity index (χ4n) is 2.77. The van der Waals surface area contributed by atoms with Gasteiger partial charge in [0.25, 0.3) is 0 Å². The largest absolute Gasteiger partial charge is 0.443 e. The Morgan fingerprint density at radius 3 is 2.23 bits per heavy atom. The first-order chi connectivity index (χ1) is 12.3. The molecule has 0 saturated carbocycles. The monoisotopic (exact) mass is 355 g/mol. The Balaban J connectivity index is 1.92. The minimum atomic E-state index is -1.18. The minimum absolute atomic E-state index is 0.168. The first kappa shape index (κ1) is 17.6. The van der Waals surface area contributed by atoms with E-state index in [1.807, 2.05) is 0 Å². The second-order valence-electron chi connectivity index (χ2n) is 6.09. The van der Waals surface area contributed by atoms with E-state index in [4.69, 9.17) is 4.74 Å². The third-order valence-electron chi connectivity index (χ3n) is 4.02. The van der Waals surface area contributed by atoms with Gasteiger partial charge >= 0.3 is 0 Å². The molecule has 2 aromatic carbocycles. The van der Waals surface area contributed by atoms with E-state index >= 15 is 0 Å². The van der Waals surface area contributed by atoms with Gasteiger partial charge in [0.05, 0.1) is 0 Å². The molecule has 0 aromatic heterocycles. The molecule has 6 nitrogen and oxygen atoms in total. The zero-order valence-electron chi connectivity index (χ0n) is 14.6. The van der Waals surface area contributed by atoms with Crippen molar-refractivity contribution >= 4 is 23.4 Å². The number of amides is 2. The summed E-state index contributed by atoms with van der Waals surface area (Å²) in [5, 5.41) is 8.21. The van der Waals surface area contributed by atoms with Gasteiger partial charge in [-0.1, -0.05) is 12.1 Å². The number of nitrogens with zero attached hydrogens (tertiary/aromatic N) is 2. The lowest BCUT2D eigenvalue weighted by Crippen LogP contribution is -2.41. The Morgan fingerprint density at radius 1 is 1.08 bits per heavy atom. The van der Waals surface area contributed by atoms with Crippen LogP contribution in [-0.2, 0) is 20.1 Å². The van der Waals surface area contributed by atoms with Crippen molar-refractivity contribution in [2.75, 3.05) is 5.32 Å². The molecule has 7 heteroatoms. The number of carbonyl (C=O) groups excluding carboxylic acids is 2. The van der Waals surface area contributed by atoms with Gasteiger partial charge in [0.2, 0.25) is 23.4 Å². The van der Waals surface area contributed by atoms with Crippen LogP contribution in [-0.4, -0.2) is 22.7 Å². The van der Waals surface area contributed by atoms with Crippen molar-refractivity contribution in [2.45, 2.75) is 26.5 Å². The van der Waals surface area contributed by atoms with Crippen molar-refractivity contribution < 1.29 is 18.7 Å². The van der Waals surface area contributed by atoms with E-state index in [2.05, 4.69) is 10.4 Å². The Morgan fingerprint density at radius 2 is 1.69 bits per heavy atom. The Bertz CT molecular complexity index is 878.